The lowest BCUT2D eigenvalue weighted by Gasteiger charge is -2.04. The summed E-state index contributed by atoms with van der Waals surface area (Å²) in [6, 6.07) is 7.78. The fraction of sp³-hybridized carbons (Fsp3) is 0.308. The van der Waals surface area contributed by atoms with Crippen molar-refractivity contribution >= 4 is 0 Å². The zero-order chi connectivity index (χ0) is 11.4. The fourth-order valence-electron chi connectivity index (χ4n) is 1.40. The molecular formula is C13H15NO2. The highest BCUT2D eigenvalue weighted by Crippen LogP contribution is 2.21. The first-order chi connectivity index (χ1) is 7.79. The second-order valence-corrected chi connectivity index (χ2v) is 3.67. The number of aryl methyl sites for hydroxylation is 1. The standard InChI is InChI=1S/C13H15NO2/c1-3-8-15-12-6-4-11(5-7-12)13-14-10(2)9-16-13/h4-7,9H,3,8H2,1-2H3. The van der Waals surface area contributed by atoms with E-state index >= 15 is 0 Å². The van der Waals surface area contributed by atoms with Crippen LogP contribution in [-0.2, 0) is 0 Å². The van der Waals surface area contributed by atoms with Crippen LogP contribution in [-0.4, -0.2) is 11.6 Å². The monoisotopic (exact) mass is 217 g/mol. The van der Waals surface area contributed by atoms with E-state index in [0.717, 1.165) is 30.0 Å². The van der Waals surface area contributed by atoms with Crippen molar-refractivity contribution in [1.82, 2.24) is 4.98 Å². The summed E-state index contributed by atoms with van der Waals surface area (Å²) in [5.74, 6) is 1.54. The van der Waals surface area contributed by atoms with Crippen LogP contribution in [0.25, 0.3) is 11.5 Å². The van der Waals surface area contributed by atoms with Gasteiger partial charge in [0.05, 0.1) is 12.3 Å². The van der Waals surface area contributed by atoms with E-state index in [4.69, 9.17) is 9.15 Å². The summed E-state index contributed by atoms with van der Waals surface area (Å²) in [5, 5.41) is 0. The summed E-state index contributed by atoms with van der Waals surface area (Å²) in [7, 11) is 0. The zero-order valence-electron chi connectivity index (χ0n) is 9.56. The minimum atomic E-state index is 0.652. The van der Waals surface area contributed by atoms with E-state index in [9.17, 15) is 0 Å². The second kappa shape index (κ2) is 4.84. The molecule has 1 heterocycles. The minimum absolute atomic E-state index is 0.652. The van der Waals surface area contributed by atoms with E-state index < -0.39 is 0 Å². The number of benzene rings is 1. The maximum absolute atomic E-state index is 5.50. The first-order valence-corrected chi connectivity index (χ1v) is 5.45. The van der Waals surface area contributed by atoms with Gasteiger partial charge in [-0.05, 0) is 37.6 Å². The van der Waals surface area contributed by atoms with Crippen molar-refractivity contribution in [3.05, 3.63) is 36.2 Å². The molecule has 0 unspecified atom stereocenters. The van der Waals surface area contributed by atoms with Crippen LogP contribution in [0, 0.1) is 6.92 Å². The Morgan fingerprint density at radius 2 is 2.00 bits per heavy atom. The minimum Gasteiger partial charge on any atom is -0.494 e. The molecule has 0 amide bonds. The van der Waals surface area contributed by atoms with Crippen molar-refractivity contribution in [3.8, 4) is 17.2 Å². The van der Waals surface area contributed by atoms with Crippen LogP contribution in [0.5, 0.6) is 5.75 Å². The number of aromatic nitrogens is 1. The third kappa shape index (κ3) is 2.42. The summed E-state index contributed by atoms with van der Waals surface area (Å²) >= 11 is 0. The van der Waals surface area contributed by atoms with Gasteiger partial charge in [-0.2, -0.15) is 0 Å². The molecule has 0 bridgehead atoms. The Balaban J connectivity index is 2.13. The van der Waals surface area contributed by atoms with Crippen LogP contribution in [0.4, 0.5) is 0 Å². The molecule has 2 aromatic rings. The average molecular weight is 217 g/mol. The number of ether oxygens (including phenoxy) is 1. The summed E-state index contributed by atoms with van der Waals surface area (Å²) in [4.78, 5) is 4.27. The number of rotatable bonds is 4. The Labute approximate surface area is 95.1 Å². The first kappa shape index (κ1) is 10.7. The molecule has 0 fully saturated rings. The van der Waals surface area contributed by atoms with Crippen LogP contribution in [0.3, 0.4) is 0 Å². The topological polar surface area (TPSA) is 35.3 Å². The maximum Gasteiger partial charge on any atom is 0.226 e. The van der Waals surface area contributed by atoms with Gasteiger partial charge in [-0.15, -0.1) is 0 Å². The van der Waals surface area contributed by atoms with Crippen LogP contribution in [0.1, 0.15) is 19.0 Å². The lowest BCUT2D eigenvalue weighted by Crippen LogP contribution is -1.94. The van der Waals surface area contributed by atoms with Gasteiger partial charge < -0.3 is 9.15 Å². The SMILES string of the molecule is CCCOc1ccc(-c2nc(C)co2)cc1. The number of hydrogen-bond acceptors (Lipinski definition) is 3. The van der Waals surface area contributed by atoms with Gasteiger partial charge in [0.15, 0.2) is 0 Å². The Morgan fingerprint density at radius 3 is 2.56 bits per heavy atom. The highest BCUT2D eigenvalue weighted by atomic mass is 16.5. The molecule has 0 saturated heterocycles. The number of hydrogen-bond donors (Lipinski definition) is 0. The van der Waals surface area contributed by atoms with Gasteiger partial charge in [0.1, 0.15) is 12.0 Å². The molecular weight excluding hydrogens is 202 g/mol. The summed E-state index contributed by atoms with van der Waals surface area (Å²) in [5.41, 5.74) is 1.86. The van der Waals surface area contributed by atoms with Crippen LogP contribution < -0.4 is 4.74 Å². The predicted molar refractivity (Wildman–Crippen MR) is 62.5 cm³/mol. The number of nitrogens with zero attached hydrogens (tertiary/aromatic N) is 1. The molecule has 2 rings (SSSR count). The second-order valence-electron chi connectivity index (χ2n) is 3.67. The molecule has 0 saturated carbocycles. The van der Waals surface area contributed by atoms with Gasteiger partial charge >= 0.3 is 0 Å². The third-order valence-electron chi connectivity index (χ3n) is 2.19. The fourth-order valence-corrected chi connectivity index (χ4v) is 1.40. The summed E-state index contributed by atoms with van der Waals surface area (Å²) < 4.78 is 10.8. The molecule has 0 aliphatic heterocycles. The van der Waals surface area contributed by atoms with Crippen molar-refractivity contribution in [1.29, 1.82) is 0 Å². The Hall–Kier alpha value is -1.77. The lowest BCUT2D eigenvalue weighted by molar-refractivity contribution is 0.317. The van der Waals surface area contributed by atoms with Gasteiger partial charge in [-0.1, -0.05) is 6.92 Å². The van der Waals surface area contributed by atoms with Crippen molar-refractivity contribution in [2.24, 2.45) is 0 Å². The normalized spacial score (nSPS) is 10.4. The van der Waals surface area contributed by atoms with Gasteiger partial charge in [0.25, 0.3) is 0 Å². The molecule has 1 aromatic carbocycles. The van der Waals surface area contributed by atoms with E-state index in [1.807, 2.05) is 31.2 Å². The average Bonchev–Trinajstić information content (AvgIpc) is 2.74. The molecule has 0 spiro atoms. The molecule has 0 N–H and O–H groups in total. The van der Waals surface area contributed by atoms with Crippen molar-refractivity contribution in [2.75, 3.05) is 6.61 Å². The third-order valence-corrected chi connectivity index (χ3v) is 2.19. The van der Waals surface area contributed by atoms with Gasteiger partial charge in [0.2, 0.25) is 5.89 Å². The summed E-state index contributed by atoms with van der Waals surface area (Å²) in [6.45, 7) is 4.74. The van der Waals surface area contributed by atoms with Crippen LogP contribution in [0.15, 0.2) is 34.9 Å². The smallest absolute Gasteiger partial charge is 0.226 e. The van der Waals surface area contributed by atoms with Crippen LogP contribution >= 0.6 is 0 Å². The van der Waals surface area contributed by atoms with E-state index in [0.29, 0.717) is 5.89 Å². The largest absolute Gasteiger partial charge is 0.494 e. The zero-order valence-corrected chi connectivity index (χ0v) is 9.56. The molecule has 0 aliphatic rings. The van der Waals surface area contributed by atoms with E-state index in [1.165, 1.54) is 0 Å². The highest BCUT2D eigenvalue weighted by Gasteiger charge is 2.04. The maximum atomic E-state index is 5.50. The Kier molecular flexibility index (Phi) is 3.25. The highest BCUT2D eigenvalue weighted by molar-refractivity contribution is 5.54. The molecule has 0 radical (unpaired) electrons. The van der Waals surface area contributed by atoms with E-state index in [2.05, 4.69) is 11.9 Å². The molecule has 3 heteroatoms. The van der Waals surface area contributed by atoms with E-state index in [-0.39, 0.29) is 0 Å². The van der Waals surface area contributed by atoms with Crippen LogP contribution in [0.2, 0.25) is 0 Å². The van der Waals surface area contributed by atoms with Crippen molar-refractivity contribution in [2.45, 2.75) is 20.3 Å². The molecule has 3 nitrogen and oxygen atoms in total. The van der Waals surface area contributed by atoms with Gasteiger partial charge in [-0.25, -0.2) is 4.98 Å². The quantitative estimate of drug-likeness (QED) is 0.786. The van der Waals surface area contributed by atoms with Gasteiger partial charge in [-0.3, -0.25) is 0 Å². The van der Waals surface area contributed by atoms with E-state index in [1.54, 1.807) is 6.26 Å². The number of oxazole rings is 1. The first-order valence-electron chi connectivity index (χ1n) is 5.45. The Morgan fingerprint density at radius 1 is 1.25 bits per heavy atom. The molecule has 84 valence electrons. The van der Waals surface area contributed by atoms with Gasteiger partial charge in [0, 0.05) is 5.56 Å². The molecule has 0 atom stereocenters. The molecule has 0 aliphatic carbocycles. The van der Waals surface area contributed by atoms with Crippen molar-refractivity contribution < 1.29 is 9.15 Å². The molecule has 16 heavy (non-hydrogen) atoms. The lowest BCUT2D eigenvalue weighted by atomic mass is 10.2. The van der Waals surface area contributed by atoms with Crippen molar-refractivity contribution in [3.63, 3.8) is 0 Å². The predicted octanol–water partition coefficient (Wildman–Crippen LogP) is 3.44. The molecule has 1 aromatic heterocycles. The Bertz CT molecular complexity index is 445. The summed E-state index contributed by atoms with van der Waals surface area (Å²) in [6.07, 6.45) is 2.66.